The standard InChI is InChI=1S/C14H21N3O2/c1-10-8-11(9-13(15-2)17-10)14(18)16-6-5-12-4-3-7-19-12/h8-9,12H,3-7H2,1-2H3,(H,15,17)(H,16,18). The Labute approximate surface area is 113 Å². The number of anilines is 1. The third kappa shape index (κ3) is 3.92. The van der Waals surface area contributed by atoms with Crippen LogP contribution in [0.5, 0.6) is 0 Å². The lowest BCUT2D eigenvalue weighted by Gasteiger charge is -2.11. The van der Waals surface area contributed by atoms with Crippen LogP contribution in [0.1, 0.15) is 35.3 Å². The molecular weight excluding hydrogens is 242 g/mol. The fraction of sp³-hybridized carbons (Fsp3) is 0.571. The van der Waals surface area contributed by atoms with Crippen molar-refractivity contribution in [3.8, 4) is 0 Å². The molecule has 5 nitrogen and oxygen atoms in total. The Morgan fingerprint density at radius 1 is 1.53 bits per heavy atom. The van der Waals surface area contributed by atoms with Gasteiger partial charge in [-0.05, 0) is 38.3 Å². The van der Waals surface area contributed by atoms with Crippen molar-refractivity contribution in [1.82, 2.24) is 10.3 Å². The van der Waals surface area contributed by atoms with Crippen LogP contribution in [0.3, 0.4) is 0 Å². The molecule has 2 heterocycles. The second-order valence-corrected chi connectivity index (χ2v) is 4.81. The number of carbonyl (C=O) groups is 1. The van der Waals surface area contributed by atoms with Crippen LogP contribution in [0.4, 0.5) is 5.82 Å². The van der Waals surface area contributed by atoms with Gasteiger partial charge in [0.2, 0.25) is 0 Å². The first-order chi connectivity index (χ1) is 9.19. The van der Waals surface area contributed by atoms with Crippen LogP contribution in [-0.2, 0) is 4.74 Å². The fourth-order valence-corrected chi connectivity index (χ4v) is 2.25. The molecule has 1 atom stereocenters. The zero-order valence-electron chi connectivity index (χ0n) is 11.5. The zero-order valence-corrected chi connectivity index (χ0v) is 11.5. The molecule has 1 aromatic rings. The number of rotatable bonds is 5. The molecule has 0 aliphatic carbocycles. The van der Waals surface area contributed by atoms with E-state index in [0.717, 1.165) is 31.6 Å². The van der Waals surface area contributed by atoms with Gasteiger partial charge in [-0.1, -0.05) is 0 Å². The van der Waals surface area contributed by atoms with E-state index in [4.69, 9.17) is 4.74 Å². The highest BCUT2D eigenvalue weighted by Crippen LogP contribution is 2.14. The smallest absolute Gasteiger partial charge is 0.251 e. The van der Waals surface area contributed by atoms with Crippen LogP contribution in [0.15, 0.2) is 12.1 Å². The maximum Gasteiger partial charge on any atom is 0.251 e. The Bertz CT molecular complexity index is 442. The lowest BCUT2D eigenvalue weighted by atomic mass is 10.1. The van der Waals surface area contributed by atoms with Crippen LogP contribution in [0.25, 0.3) is 0 Å². The molecule has 5 heteroatoms. The molecule has 104 valence electrons. The van der Waals surface area contributed by atoms with E-state index in [9.17, 15) is 4.79 Å². The minimum Gasteiger partial charge on any atom is -0.378 e. The molecule has 0 saturated carbocycles. The van der Waals surface area contributed by atoms with Gasteiger partial charge in [0.25, 0.3) is 5.91 Å². The molecule has 0 aromatic carbocycles. The molecular formula is C14H21N3O2. The van der Waals surface area contributed by atoms with Gasteiger partial charge in [0.05, 0.1) is 6.10 Å². The SMILES string of the molecule is CNc1cc(C(=O)NCCC2CCCO2)cc(C)n1. The molecule has 1 aromatic heterocycles. The minimum absolute atomic E-state index is 0.0556. The first kappa shape index (κ1) is 13.8. The predicted molar refractivity (Wildman–Crippen MR) is 74.4 cm³/mol. The molecule has 1 amide bonds. The van der Waals surface area contributed by atoms with Gasteiger partial charge < -0.3 is 15.4 Å². The number of ether oxygens (including phenoxy) is 1. The van der Waals surface area contributed by atoms with Gasteiger partial charge in [-0.15, -0.1) is 0 Å². The largest absolute Gasteiger partial charge is 0.378 e. The summed E-state index contributed by atoms with van der Waals surface area (Å²) in [5.41, 5.74) is 1.47. The van der Waals surface area contributed by atoms with Gasteiger partial charge in [-0.2, -0.15) is 0 Å². The van der Waals surface area contributed by atoms with E-state index in [1.54, 1.807) is 19.2 Å². The number of amides is 1. The summed E-state index contributed by atoms with van der Waals surface area (Å²) in [5, 5.41) is 5.88. The zero-order chi connectivity index (χ0) is 13.7. The molecule has 0 bridgehead atoms. The van der Waals surface area contributed by atoms with Gasteiger partial charge in [-0.25, -0.2) is 4.98 Å². The quantitative estimate of drug-likeness (QED) is 0.849. The fourth-order valence-electron chi connectivity index (χ4n) is 2.25. The normalized spacial score (nSPS) is 18.3. The average molecular weight is 263 g/mol. The van der Waals surface area contributed by atoms with Gasteiger partial charge >= 0.3 is 0 Å². The Morgan fingerprint density at radius 3 is 3.05 bits per heavy atom. The molecule has 1 saturated heterocycles. The van der Waals surface area contributed by atoms with Gasteiger partial charge in [0.1, 0.15) is 5.82 Å². The second kappa shape index (κ2) is 6.52. The van der Waals surface area contributed by atoms with E-state index in [1.165, 1.54) is 0 Å². The number of carbonyl (C=O) groups excluding carboxylic acids is 1. The molecule has 1 fully saturated rings. The lowest BCUT2D eigenvalue weighted by Crippen LogP contribution is -2.27. The maximum absolute atomic E-state index is 12.0. The van der Waals surface area contributed by atoms with Gasteiger partial charge in [0, 0.05) is 31.5 Å². The highest BCUT2D eigenvalue weighted by Gasteiger charge is 2.15. The summed E-state index contributed by atoms with van der Waals surface area (Å²) >= 11 is 0. The number of pyridine rings is 1. The molecule has 1 unspecified atom stereocenters. The van der Waals surface area contributed by atoms with Crippen LogP contribution >= 0.6 is 0 Å². The van der Waals surface area contributed by atoms with Crippen molar-refractivity contribution in [3.63, 3.8) is 0 Å². The highest BCUT2D eigenvalue weighted by atomic mass is 16.5. The second-order valence-electron chi connectivity index (χ2n) is 4.81. The van der Waals surface area contributed by atoms with Crippen molar-refractivity contribution in [3.05, 3.63) is 23.4 Å². The predicted octanol–water partition coefficient (Wildman–Crippen LogP) is 1.73. The van der Waals surface area contributed by atoms with E-state index in [-0.39, 0.29) is 5.91 Å². The maximum atomic E-state index is 12.0. The molecule has 19 heavy (non-hydrogen) atoms. The van der Waals surface area contributed by atoms with Crippen molar-refractivity contribution in [1.29, 1.82) is 0 Å². The number of aromatic nitrogens is 1. The number of hydrogen-bond acceptors (Lipinski definition) is 4. The number of hydrogen-bond donors (Lipinski definition) is 2. The summed E-state index contributed by atoms with van der Waals surface area (Å²) in [6, 6.07) is 3.55. The van der Waals surface area contributed by atoms with Crippen LogP contribution in [-0.4, -0.2) is 37.2 Å². The molecule has 2 N–H and O–H groups in total. The van der Waals surface area contributed by atoms with Crippen molar-refractivity contribution in [2.75, 3.05) is 25.5 Å². The molecule has 0 spiro atoms. The average Bonchev–Trinajstić information content (AvgIpc) is 2.91. The van der Waals surface area contributed by atoms with Crippen molar-refractivity contribution in [2.45, 2.75) is 32.3 Å². The van der Waals surface area contributed by atoms with E-state index in [1.807, 2.05) is 6.92 Å². The Morgan fingerprint density at radius 2 is 2.37 bits per heavy atom. The highest BCUT2D eigenvalue weighted by molar-refractivity contribution is 5.94. The molecule has 1 aliphatic rings. The summed E-state index contributed by atoms with van der Waals surface area (Å²) in [6.45, 7) is 3.39. The summed E-state index contributed by atoms with van der Waals surface area (Å²) in [5.74, 6) is 0.657. The van der Waals surface area contributed by atoms with E-state index in [2.05, 4.69) is 15.6 Å². The summed E-state index contributed by atoms with van der Waals surface area (Å²) in [4.78, 5) is 16.3. The van der Waals surface area contributed by atoms with Crippen LogP contribution in [0.2, 0.25) is 0 Å². The Hall–Kier alpha value is -1.62. The molecule has 0 radical (unpaired) electrons. The third-order valence-corrected chi connectivity index (χ3v) is 3.25. The third-order valence-electron chi connectivity index (χ3n) is 3.25. The van der Waals surface area contributed by atoms with Gasteiger partial charge in [0.15, 0.2) is 0 Å². The van der Waals surface area contributed by atoms with E-state index < -0.39 is 0 Å². The first-order valence-corrected chi connectivity index (χ1v) is 6.75. The number of nitrogens with zero attached hydrogens (tertiary/aromatic N) is 1. The van der Waals surface area contributed by atoms with Crippen molar-refractivity contribution in [2.24, 2.45) is 0 Å². The lowest BCUT2D eigenvalue weighted by molar-refractivity contribution is 0.0907. The molecule has 2 rings (SSSR count). The Kier molecular flexibility index (Phi) is 4.74. The first-order valence-electron chi connectivity index (χ1n) is 6.75. The van der Waals surface area contributed by atoms with E-state index in [0.29, 0.717) is 24.0 Å². The topological polar surface area (TPSA) is 63.2 Å². The van der Waals surface area contributed by atoms with Crippen LogP contribution < -0.4 is 10.6 Å². The van der Waals surface area contributed by atoms with Gasteiger partial charge in [-0.3, -0.25) is 4.79 Å². The minimum atomic E-state index is -0.0556. The van der Waals surface area contributed by atoms with Crippen molar-refractivity contribution < 1.29 is 9.53 Å². The van der Waals surface area contributed by atoms with E-state index >= 15 is 0 Å². The molecule has 1 aliphatic heterocycles. The summed E-state index contributed by atoms with van der Waals surface area (Å²) < 4.78 is 5.52. The number of nitrogens with one attached hydrogen (secondary N) is 2. The summed E-state index contributed by atoms with van der Waals surface area (Å²) in [7, 11) is 1.79. The number of aryl methyl sites for hydroxylation is 1. The van der Waals surface area contributed by atoms with Crippen molar-refractivity contribution >= 4 is 11.7 Å². The monoisotopic (exact) mass is 263 g/mol. The summed E-state index contributed by atoms with van der Waals surface area (Å²) in [6.07, 6.45) is 3.43. The van der Waals surface area contributed by atoms with Crippen LogP contribution in [0, 0.1) is 6.92 Å². The Balaban J connectivity index is 1.86.